The van der Waals surface area contributed by atoms with E-state index >= 15 is 0 Å². The molecule has 0 radical (unpaired) electrons. The van der Waals surface area contributed by atoms with Gasteiger partial charge in [0.15, 0.2) is 5.89 Å². The molecule has 1 atom stereocenters. The largest absolute Gasteiger partial charge is 0.465 e. The summed E-state index contributed by atoms with van der Waals surface area (Å²) in [5, 5.41) is 0. The van der Waals surface area contributed by atoms with Crippen molar-refractivity contribution in [2.75, 3.05) is 18.6 Å². The number of anilines is 1. The molecule has 1 aromatic carbocycles. The molecule has 0 N–H and O–H groups in total. The number of aromatic nitrogens is 4. The second kappa shape index (κ2) is 8.69. The molecule has 0 saturated carbocycles. The first-order valence-electron chi connectivity index (χ1n) is 11.3. The maximum Gasteiger partial charge on any atom is 0.337 e. The minimum atomic E-state index is -0.386. The molecule has 8 nitrogen and oxygen atoms in total. The Bertz CT molecular complexity index is 1290. The second-order valence-electron chi connectivity index (χ2n) is 8.39. The highest BCUT2D eigenvalue weighted by atomic mass is 16.5. The minimum absolute atomic E-state index is 0.386. The number of hydrogen-bond acceptors (Lipinski definition) is 7. The molecule has 4 heterocycles. The number of carbonyl (C=O) groups excluding carboxylic acids is 1. The zero-order valence-electron chi connectivity index (χ0n) is 19.1. The molecule has 3 aromatic heterocycles. The van der Waals surface area contributed by atoms with E-state index in [1.165, 1.54) is 20.0 Å². The lowest BCUT2D eigenvalue weighted by molar-refractivity contribution is 0.0601. The van der Waals surface area contributed by atoms with Crippen molar-refractivity contribution < 1.29 is 13.9 Å². The Labute approximate surface area is 192 Å². The van der Waals surface area contributed by atoms with Crippen molar-refractivity contribution in [2.45, 2.75) is 45.7 Å². The second-order valence-corrected chi connectivity index (χ2v) is 8.39. The van der Waals surface area contributed by atoms with E-state index in [4.69, 9.17) is 19.1 Å². The summed E-state index contributed by atoms with van der Waals surface area (Å²) in [4.78, 5) is 28.6. The zero-order valence-corrected chi connectivity index (χ0v) is 19.1. The molecule has 170 valence electrons. The number of ether oxygens (including phenoxy) is 1. The molecule has 1 aliphatic rings. The third-order valence-electron chi connectivity index (χ3n) is 6.24. The first-order valence-corrected chi connectivity index (χ1v) is 11.3. The number of oxazole rings is 1. The number of esters is 1. The van der Waals surface area contributed by atoms with Crippen LogP contribution in [0, 0.1) is 0 Å². The highest BCUT2D eigenvalue weighted by Crippen LogP contribution is 2.29. The highest BCUT2D eigenvalue weighted by molar-refractivity contribution is 5.94. The van der Waals surface area contributed by atoms with Crippen molar-refractivity contribution in [1.82, 2.24) is 19.5 Å². The van der Waals surface area contributed by atoms with Gasteiger partial charge in [-0.05, 0) is 50.1 Å². The summed E-state index contributed by atoms with van der Waals surface area (Å²) >= 11 is 0. The molecular weight excluding hydrogens is 418 g/mol. The maximum absolute atomic E-state index is 12.0. The standard InChI is InChI=1S/C25H27N5O3/c1-4-23-27-19(15-33-23)14-30-21-9-7-17(25(31)32-3)12-20(21)28-24(30)18-8-10-22(26-13-18)29-11-5-6-16(29)2/h7-10,12-13,15-16H,4-6,11,14H2,1-3H3. The first-order chi connectivity index (χ1) is 16.1. The number of aryl methyl sites for hydroxylation is 1. The lowest BCUT2D eigenvalue weighted by atomic mass is 10.2. The molecule has 1 aliphatic heterocycles. The van der Waals surface area contributed by atoms with Gasteiger partial charge in [-0.25, -0.2) is 19.7 Å². The topological polar surface area (TPSA) is 86.3 Å². The van der Waals surface area contributed by atoms with Crippen LogP contribution in [0.1, 0.15) is 48.6 Å². The smallest absolute Gasteiger partial charge is 0.337 e. The van der Waals surface area contributed by atoms with E-state index in [-0.39, 0.29) is 5.97 Å². The quantitative estimate of drug-likeness (QED) is 0.405. The summed E-state index contributed by atoms with van der Waals surface area (Å²) in [6.07, 6.45) is 6.69. The molecule has 1 saturated heterocycles. The summed E-state index contributed by atoms with van der Waals surface area (Å²) in [7, 11) is 1.38. The number of benzene rings is 1. The maximum atomic E-state index is 12.0. The van der Waals surface area contributed by atoms with Crippen LogP contribution < -0.4 is 4.90 Å². The van der Waals surface area contributed by atoms with Gasteiger partial charge < -0.3 is 18.6 Å². The van der Waals surface area contributed by atoms with Crippen LogP contribution in [0.4, 0.5) is 5.82 Å². The Kier molecular flexibility index (Phi) is 5.58. The number of nitrogens with zero attached hydrogens (tertiary/aromatic N) is 5. The zero-order chi connectivity index (χ0) is 22.9. The molecule has 1 unspecified atom stereocenters. The van der Waals surface area contributed by atoms with E-state index in [0.717, 1.165) is 41.4 Å². The number of carbonyl (C=O) groups is 1. The van der Waals surface area contributed by atoms with Crippen LogP contribution >= 0.6 is 0 Å². The fraction of sp³-hybridized carbons (Fsp3) is 0.360. The summed E-state index contributed by atoms with van der Waals surface area (Å²) < 4.78 is 12.5. The molecule has 4 aromatic rings. The molecule has 0 amide bonds. The van der Waals surface area contributed by atoms with Gasteiger partial charge in [-0.3, -0.25) is 0 Å². The molecule has 8 heteroatoms. The van der Waals surface area contributed by atoms with Crippen LogP contribution in [0.5, 0.6) is 0 Å². The third-order valence-corrected chi connectivity index (χ3v) is 6.24. The Morgan fingerprint density at radius 3 is 2.79 bits per heavy atom. The lowest BCUT2D eigenvalue weighted by Gasteiger charge is -2.22. The highest BCUT2D eigenvalue weighted by Gasteiger charge is 2.22. The average molecular weight is 446 g/mol. The fourth-order valence-corrected chi connectivity index (χ4v) is 4.46. The van der Waals surface area contributed by atoms with Crippen LogP contribution in [-0.2, 0) is 17.7 Å². The number of hydrogen-bond donors (Lipinski definition) is 0. The molecular formula is C25H27N5O3. The Morgan fingerprint density at radius 2 is 2.12 bits per heavy atom. The number of pyridine rings is 1. The van der Waals surface area contributed by atoms with Crippen molar-refractivity contribution >= 4 is 22.8 Å². The van der Waals surface area contributed by atoms with Crippen LogP contribution in [0.15, 0.2) is 47.2 Å². The van der Waals surface area contributed by atoms with Gasteiger partial charge in [0, 0.05) is 30.8 Å². The minimum Gasteiger partial charge on any atom is -0.465 e. The van der Waals surface area contributed by atoms with Crippen molar-refractivity contribution in [2.24, 2.45) is 0 Å². The SMILES string of the molecule is CCc1nc(Cn2c(-c3ccc(N4CCCC4C)nc3)nc3cc(C(=O)OC)ccc32)co1. The van der Waals surface area contributed by atoms with Crippen LogP contribution in [0.2, 0.25) is 0 Å². The predicted octanol–water partition coefficient (Wildman–Crippen LogP) is 4.47. The normalized spacial score (nSPS) is 16.0. The van der Waals surface area contributed by atoms with Gasteiger partial charge in [-0.15, -0.1) is 0 Å². The predicted molar refractivity (Wildman–Crippen MR) is 125 cm³/mol. The number of imidazole rings is 1. The Morgan fingerprint density at radius 1 is 1.24 bits per heavy atom. The van der Waals surface area contributed by atoms with Gasteiger partial charge in [0.1, 0.15) is 17.9 Å². The van der Waals surface area contributed by atoms with Gasteiger partial charge >= 0.3 is 5.97 Å². The number of fused-ring (bicyclic) bond motifs is 1. The van der Waals surface area contributed by atoms with E-state index < -0.39 is 0 Å². The van der Waals surface area contributed by atoms with E-state index in [9.17, 15) is 4.79 Å². The number of methoxy groups -OCH3 is 1. The van der Waals surface area contributed by atoms with Gasteiger partial charge in [0.25, 0.3) is 0 Å². The molecule has 1 fully saturated rings. The van der Waals surface area contributed by atoms with Crippen LogP contribution in [0.25, 0.3) is 22.4 Å². The van der Waals surface area contributed by atoms with Crippen LogP contribution in [0.3, 0.4) is 0 Å². The first kappa shape index (κ1) is 21.2. The number of rotatable bonds is 6. The van der Waals surface area contributed by atoms with Crippen molar-refractivity contribution in [3.8, 4) is 11.4 Å². The summed E-state index contributed by atoms with van der Waals surface area (Å²) in [6, 6.07) is 10.0. The molecule has 5 rings (SSSR count). The summed E-state index contributed by atoms with van der Waals surface area (Å²) in [6.45, 7) is 5.78. The molecule has 0 aliphatic carbocycles. The average Bonchev–Trinajstić information content (AvgIpc) is 3.57. The molecule has 0 spiro atoms. The Balaban J connectivity index is 1.57. The van der Waals surface area contributed by atoms with E-state index in [1.54, 1.807) is 18.4 Å². The van der Waals surface area contributed by atoms with E-state index in [1.807, 2.05) is 19.2 Å². The van der Waals surface area contributed by atoms with E-state index in [0.29, 0.717) is 29.6 Å². The van der Waals surface area contributed by atoms with Crippen molar-refractivity contribution in [3.63, 3.8) is 0 Å². The molecule has 0 bridgehead atoms. The van der Waals surface area contributed by atoms with Crippen molar-refractivity contribution in [3.05, 3.63) is 59.9 Å². The monoisotopic (exact) mass is 445 g/mol. The van der Waals surface area contributed by atoms with Gasteiger partial charge in [0.05, 0.1) is 35.9 Å². The fourth-order valence-electron chi connectivity index (χ4n) is 4.46. The summed E-state index contributed by atoms with van der Waals surface area (Å²) in [5.41, 5.74) is 3.80. The Hall–Kier alpha value is -3.68. The van der Waals surface area contributed by atoms with Gasteiger partial charge in [-0.1, -0.05) is 6.92 Å². The molecule has 33 heavy (non-hydrogen) atoms. The van der Waals surface area contributed by atoms with E-state index in [2.05, 4.69) is 33.5 Å². The van der Waals surface area contributed by atoms with Crippen molar-refractivity contribution in [1.29, 1.82) is 0 Å². The third kappa shape index (κ3) is 3.97. The lowest BCUT2D eigenvalue weighted by Crippen LogP contribution is -2.26. The summed E-state index contributed by atoms with van der Waals surface area (Å²) in [5.74, 6) is 2.07. The van der Waals surface area contributed by atoms with Gasteiger partial charge in [-0.2, -0.15) is 0 Å². The van der Waals surface area contributed by atoms with Crippen LogP contribution in [-0.4, -0.2) is 45.2 Å². The van der Waals surface area contributed by atoms with Gasteiger partial charge in [0.2, 0.25) is 0 Å².